The lowest BCUT2D eigenvalue weighted by molar-refractivity contribution is -0.139. The van der Waals surface area contributed by atoms with Gasteiger partial charge in [-0.2, -0.15) is 5.26 Å². The van der Waals surface area contributed by atoms with Gasteiger partial charge in [-0.25, -0.2) is 0 Å². The molecule has 1 atom stereocenters. The Kier molecular flexibility index (Phi) is 10.7. The van der Waals surface area contributed by atoms with E-state index in [1.54, 1.807) is 42.5 Å². The molecule has 1 aliphatic heterocycles. The highest BCUT2D eigenvalue weighted by Crippen LogP contribution is 2.37. The maximum Gasteiger partial charge on any atom is 0.321 e. The van der Waals surface area contributed by atoms with Gasteiger partial charge in [-0.1, -0.05) is 60.1 Å². The molecule has 0 aromatic heterocycles. The summed E-state index contributed by atoms with van der Waals surface area (Å²) in [6, 6.07) is 30.2. The van der Waals surface area contributed by atoms with E-state index in [9.17, 15) is 20.3 Å². The number of carbonyl (C=O) groups is 1. The molecule has 5 aromatic rings. The van der Waals surface area contributed by atoms with Gasteiger partial charge in [0.15, 0.2) is 11.5 Å². The average Bonchev–Trinajstić information content (AvgIpc) is 3.12. The van der Waals surface area contributed by atoms with Crippen LogP contribution in [0.4, 0.5) is 0 Å². The molecule has 0 saturated carbocycles. The van der Waals surface area contributed by atoms with Gasteiger partial charge in [-0.3, -0.25) is 10.1 Å². The molecule has 1 aliphatic rings. The number of ether oxygens (including phenoxy) is 4. The number of phenols is 1. The molecule has 0 amide bonds. The van der Waals surface area contributed by atoms with E-state index in [1.165, 1.54) is 12.1 Å². The minimum absolute atomic E-state index is 0.0652. The molecule has 0 aliphatic carbocycles. The number of nitriles is 1. The quantitative estimate of drug-likeness (QED) is 0.114. The second-order valence-electron chi connectivity index (χ2n) is 11.9. The molecule has 3 N–H and O–H groups in total. The molecule has 1 unspecified atom stereocenters. The fourth-order valence-electron chi connectivity index (χ4n) is 5.77. The molecule has 254 valence electrons. The SMILES string of the molecule is Cc1c(COc2cc(OCc3cccc(C#N)c3)c(CNC(Cc3cccc(O)c3)C(=O)O)cc2Cl)cccc1-c1ccc2c(c1)OCCO2. The average molecular weight is 691 g/mol. The van der Waals surface area contributed by atoms with Crippen molar-refractivity contribution in [3.8, 4) is 45.9 Å². The van der Waals surface area contributed by atoms with Crippen molar-refractivity contribution < 1.29 is 34.0 Å². The Balaban J connectivity index is 1.23. The maximum atomic E-state index is 12.2. The molecule has 0 bridgehead atoms. The van der Waals surface area contributed by atoms with E-state index in [4.69, 9.17) is 30.5 Å². The first-order valence-corrected chi connectivity index (χ1v) is 16.4. The van der Waals surface area contributed by atoms with Gasteiger partial charge in [0.1, 0.15) is 49.7 Å². The van der Waals surface area contributed by atoms with Crippen LogP contribution in [-0.4, -0.2) is 35.4 Å². The molecule has 50 heavy (non-hydrogen) atoms. The number of halogens is 1. The number of nitrogens with one attached hydrogen (secondary N) is 1. The van der Waals surface area contributed by atoms with Crippen LogP contribution in [0.1, 0.15) is 33.4 Å². The monoisotopic (exact) mass is 690 g/mol. The molecular formula is C40H35ClN2O7. The van der Waals surface area contributed by atoms with Crippen LogP contribution in [0.25, 0.3) is 11.1 Å². The van der Waals surface area contributed by atoms with E-state index in [1.807, 2.05) is 43.3 Å². The van der Waals surface area contributed by atoms with Crippen molar-refractivity contribution in [1.82, 2.24) is 5.32 Å². The minimum Gasteiger partial charge on any atom is -0.508 e. The van der Waals surface area contributed by atoms with Crippen molar-refractivity contribution in [3.63, 3.8) is 0 Å². The highest BCUT2D eigenvalue weighted by atomic mass is 35.5. The fourth-order valence-corrected chi connectivity index (χ4v) is 6.01. The van der Waals surface area contributed by atoms with Crippen molar-refractivity contribution in [2.45, 2.75) is 39.1 Å². The number of aromatic hydroxyl groups is 1. The summed E-state index contributed by atoms with van der Waals surface area (Å²) < 4.78 is 24.0. The van der Waals surface area contributed by atoms with Crippen LogP contribution < -0.4 is 24.3 Å². The topological polar surface area (TPSA) is 130 Å². The Morgan fingerprint density at radius 2 is 1.64 bits per heavy atom. The third-order valence-electron chi connectivity index (χ3n) is 8.44. The number of rotatable bonds is 13. The second kappa shape index (κ2) is 15.7. The Labute approximate surface area is 295 Å². The summed E-state index contributed by atoms with van der Waals surface area (Å²) in [6.07, 6.45) is 0.153. The van der Waals surface area contributed by atoms with Crippen LogP contribution in [0.2, 0.25) is 5.02 Å². The minimum atomic E-state index is -1.04. The van der Waals surface area contributed by atoms with E-state index in [0.29, 0.717) is 46.4 Å². The molecule has 10 heteroatoms. The van der Waals surface area contributed by atoms with E-state index >= 15 is 0 Å². The zero-order valence-corrected chi connectivity index (χ0v) is 28.1. The number of fused-ring (bicyclic) bond motifs is 1. The molecule has 0 radical (unpaired) electrons. The highest BCUT2D eigenvalue weighted by Gasteiger charge is 2.20. The van der Waals surface area contributed by atoms with Crippen LogP contribution in [0.5, 0.6) is 28.7 Å². The first-order valence-electron chi connectivity index (χ1n) is 16.1. The first-order chi connectivity index (χ1) is 24.3. The molecule has 0 fully saturated rings. The van der Waals surface area contributed by atoms with Gasteiger partial charge >= 0.3 is 5.97 Å². The predicted molar refractivity (Wildman–Crippen MR) is 189 cm³/mol. The lowest BCUT2D eigenvalue weighted by Crippen LogP contribution is -2.38. The van der Waals surface area contributed by atoms with Crippen LogP contribution in [0.3, 0.4) is 0 Å². The van der Waals surface area contributed by atoms with Crippen molar-refractivity contribution >= 4 is 17.6 Å². The number of carboxylic acids is 1. The summed E-state index contributed by atoms with van der Waals surface area (Å²) in [7, 11) is 0. The first kappa shape index (κ1) is 34.2. The van der Waals surface area contributed by atoms with Crippen LogP contribution in [-0.2, 0) is 31.0 Å². The molecule has 5 aromatic carbocycles. The van der Waals surface area contributed by atoms with Crippen molar-refractivity contribution in [2.24, 2.45) is 0 Å². The second-order valence-corrected chi connectivity index (χ2v) is 12.3. The summed E-state index contributed by atoms with van der Waals surface area (Å²) >= 11 is 6.77. The van der Waals surface area contributed by atoms with Gasteiger partial charge < -0.3 is 29.2 Å². The van der Waals surface area contributed by atoms with E-state index < -0.39 is 12.0 Å². The van der Waals surface area contributed by atoms with E-state index in [2.05, 4.69) is 17.5 Å². The Morgan fingerprint density at radius 3 is 2.44 bits per heavy atom. The van der Waals surface area contributed by atoms with Gasteiger partial charge in [0.05, 0.1) is 16.7 Å². The molecule has 1 heterocycles. The zero-order chi connectivity index (χ0) is 35.0. The molecule has 9 nitrogen and oxygen atoms in total. The zero-order valence-electron chi connectivity index (χ0n) is 27.3. The van der Waals surface area contributed by atoms with Crippen molar-refractivity contribution in [2.75, 3.05) is 13.2 Å². The van der Waals surface area contributed by atoms with Crippen molar-refractivity contribution in [1.29, 1.82) is 5.26 Å². The summed E-state index contributed by atoms with van der Waals surface area (Å²) in [6.45, 7) is 3.60. The molecule has 6 rings (SSSR count). The third kappa shape index (κ3) is 8.29. The van der Waals surface area contributed by atoms with Crippen LogP contribution in [0, 0.1) is 18.3 Å². The van der Waals surface area contributed by atoms with Gasteiger partial charge in [0, 0.05) is 18.2 Å². The number of nitrogens with zero attached hydrogens (tertiary/aromatic N) is 1. The number of phenolic OH excluding ortho intramolecular Hbond substituents is 1. The van der Waals surface area contributed by atoms with Crippen molar-refractivity contribution in [3.05, 3.63) is 135 Å². The summed E-state index contributed by atoms with van der Waals surface area (Å²) in [5.41, 5.74) is 6.65. The smallest absolute Gasteiger partial charge is 0.321 e. The lowest BCUT2D eigenvalue weighted by atomic mass is 9.96. The van der Waals surface area contributed by atoms with Gasteiger partial charge in [-0.05, 0) is 89.2 Å². The number of hydrogen-bond donors (Lipinski definition) is 3. The number of carboxylic acid groups (broad SMARTS) is 1. The summed E-state index contributed by atoms with van der Waals surface area (Å²) in [5, 5.41) is 32.6. The predicted octanol–water partition coefficient (Wildman–Crippen LogP) is 7.61. The van der Waals surface area contributed by atoms with Gasteiger partial charge in [-0.15, -0.1) is 0 Å². The normalized spacial score (nSPS) is 12.5. The summed E-state index contributed by atoms with van der Waals surface area (Å²) in [5.74, 6) is 1.32. The van der Waals surface area contributed by atoms with Crippen LogP contribution >= 0.6 is 11.6 Å². The Morgan fingerprint density at radius 1 is 0.880 bits per heavy atom. The highest BCUT2D eigenvalue weighted by molar-refractivity contribution is 6.32. The number of hydrogen-bond acceptors (Lipinski definition) is 8. The van der Waals surface area contributed by atoms with E-state index in [0.717, 1.165) is 39.3 Å². The van der Waals surface area contributed by atoms with Crippen LogP contribution in [0.15, 0.2) is 97.1 Å². The Bertz CT molecular complexity index is 2060. The summed E-state index contributed by atoms with van der Waals surface area (Å²) in [4.78, 5) is 12.2. The fraction of sp³-hybridized carbons (Fsp3) is 0.200. The standard InChI is InChI=1S/C40H35ClN2O7/c1-25-30(8-4-10-33(25)29-11-12-36-39(19-29)48-14-13-47-36)24-50-38-20-37(49-23-28-7-2-6-27(15-28)21-42)31(18-34(38)41)22-43-35(40(45)46)17-26-5-3-9-32(44)16-26/h2-12,15-16,18-20,35,43-44H,13-14,17,22-24H2,1H3,(H,45,46). The third-order valence-corrected chi connectivity index (χ3v) is 8.73. The molecule has 0 spiro atoms. The van der Waals surface area contributed by atoms with Gasteiger partial charge in [0.25, 0.3) is 0 Å². The molecule has 0 saturated heterocycles. The lowest BCUT2D eigenvalue weighted by Gasteiger charge is -2.20. The Hall–Kier alpha value is -5.69. The maximum absolute atomic E-state index is 12.2. The largest absolute Gasteiger partial charge is 0.508 e. The van der Waals surface area contributed by atoms with E-state index in [-0.39, 0.29) is 31.9 Å². The number of benzene rings is 5. The number of aliphatic carboxylic acids is 1. The van der Waals surface area contributed by atoms with Gasteiger partial charge in [0.2, 0.25) is 0 Å². The molecular weight excluding hydrogens is 656 g/mol.